The number of nitriles is 1. The number of carbonyl (C=O) groups is 1. The molecule has 7 heteroatoms. The third-order valence-corrected chi connectivity index (χ3v) is 3.25. The molecule has 3 aromatic rings. The molecule has 0 saturated carbocycles. The van der Waals surface area contributed by atoms with Crippen molar-refractivity contribution in [1.82, 2.24) is 9.97 Å². The molecule has 122 valence electrons. The normalized spacial score (nSPS) is 9.72. The SMILES string of the molecule is N#Cc1ccc(Nc2ccccc2NC(=O)Nc2cccnc2)nc1. The van der Waals surface area contributed by atoms with Gasteiger partial charge in [-0.15, -0.1) is 0 Å². The van der Waals surface area contributed by atoms with E-state index in [1.54, 1.807) is 42.7 Å². The van der Waals surface area contributed by atoms with Crippen LogP contribution < -0.4 is 16.0 Å². The number of benzene rings is 1. The fourth-order valence-electron chi connectivity index (χ4n) is 2.09. The highest BCUT2D eigenvalue weighted by atomic mass is 16.2. The van der Waals surface area contributed by atoms with Gasteiger partial charge in [-0.25, -0.2) is 9.78 Å². The standard InChI is InChI=1S/C18H14N6O/c19-10-13-7-8-17(21-11-13)23-15-5-1-2-6-16(15)24-18(25)22-14-4-3-9-20-12-14/h1-9,11-12H,(H,21,23)(H2,22,24,25). The van der Waals surface area contributed by atoms with Crippen molar-refractivity contribution < 1.29 is 4.79 Å². The van der Waals surface area contributed by atoms with Crippen LogP contribution in [0.3, 0.4) is 0 Å². The summed E-state index contributed by atoms with van der Waals surface area (Å²) in [6.07, 6.45) is 4.67. The number of nitrogens with one attached hydrogen (secondary N) is 3. The summed E-state index contributed by atoms with van der Waals surface area (Å²) in [4.78, 5) is 20.2. The molecule has 0 aliphatic carbocycles. The molecule has 7 nitrogen and oxygen atoms in total. The summed E-state index contributed by atoms with van der Waals surface area (Å²) in [5, 5.41) is 17.4. The van der Waals surface area contributed by atoms with Crippen LogP contribution in [0.5, 0.6) is 0 Å². The molecule has 0 aliphatic heterocycles. The van der Waals surface area contributed by atoms with E-state index in [1.807, 2.05) is 24.3 Å². The molecule has 0 atom stereocenters. The van der Waals surface area contributed by atoms with Crippen LogP contribution in [0, 0.1) is 11.3 Å². The zero-order valence-electron chi connectivity index (χ0n) is 13.1. The van der Waals surface area contributed by atoms with E-state index in [1.165, 1.54) is 6.20 Å². The van der Waals surface area contributed by atoms with Gasteiger partial charge in [-0.05, 0) is 36.4 Å². The molecule has 0 radical (unpaired) electrons. The lowest BCUT2D eigenvalue weighted by Gasteiger charge is -2.13. The molecule has 3 rings (SSSR count). The molecule has 3 N–H and O–H groups in total. The fraction of sp³-hybridized carbons (Fsp3) is 0. The van der Waals surface area contributed by atoms with Gasteiger partial charge >= 0.3 is 6.03 Å². The monoisotopic (exact) mass is 330 g/mol. The van der Waals surface area contributed by atoms with Gasteiger partial charge in [0.15, 0.2) is 0 Å². The molecule has 0 aliphatic rings. The maximum absolute atomic E-state index is 12.1. The predicted molar refractivity (Wildman–Crippen MR) is 95.6 cm³/mol. The molecule has 1 aromatic carbocycles. The maximum atomic E-state index is 12.1. The first-order chi connectivity index (χ1) is 12.2. The Kier molecular flexibility index (Phi) is 4.83. The highest BCUT2D eigenvalue weighted by Gasteiger charge is 2.07. The second kappa shape index (κ2) is 7.57. The van der Waals surface area contributed by atoms with Crippen LogP contribution in [0.4, 0.5) is 27.7 Å². The first-order valence-corrected chi connectivity index (χ1v) is 7.45. The number of amides is 2. The van der Waals surface area contributed by atoms with Crippen LogP contribution >= 0.6 is 0 Å². The number of pyridine rings is 2. The zero-order chi connectivity index (χ0) is 17.5. The second-order valence-corrected chi connectivity index (χ2v) is 5.04. The number of para-hydroxylation sites is 2. The number of hydrogen-bond donors (Lipinski definition) is 3. The number of hydrogen-bond acceptors (Lipinski definition) is 5. The van der Waals surface area contributed by atoms with Gasteiger partial charge in [0.2, 0.25) is 0 Å². The van der Waals surface area contributed by atoms with Crippen molar-refractivity contribution >= 4 is 28.9 Å². The van der Waals surface area contributed by atoms with Gasteiger partial charge in [-0.2, -0.15) is 5.26 Å². The van der Waals surface area contributed by atoms with E-state index < -0.39 is 0 Å². The number of rotatable bonds is 4. The van der Waals surface area contributed by atoms with Gasteiger partial charge in [0.1, 0.15) is 11.9 Å². The molecule has 2 aromatic heterocycles. The van der Waals surface area contributed by atoms with Crippen molar-refractivity contribution in [3.63, 3.8) is 0 Å². The lowest BCUT2D eigenvalue weighted by Crippen LogP contribution is -2.20. The summed E-state index contributed by atoms with van der Waals surface area (Å²) >= 11 is 0. The summed E-state index contributed by atoms with van der Waals surface area (Å²) < 4.78 is 0. The Morgan fingerprint density at radius 3 is 2.48 bits per heavy atom. The molecular formula is C18H14N6O. The highest BCUT2D eigenvalue weighted by molar-refractivity contribution is 6.01. The van der Waals surface area contributed by atoms with Crippen molar-refractivity contribution in [2.24, 2.45) is 0 Å². The molecule has 0 saturated heterocycles. The predicted octanol–water partition coefficient (Wildman–Crippen LogP) is 3.74. The van der Waals surface area contributed by atoms with Gasteiger partial charge in [0.25, 0.3) is 0 Å². The molecule has 0 bridgehead atoms. The highest BCUT2D eigenvalue weighted by Crippen LogP contribution is 2.24. The molecular weight excluding hydrogens is 316 g/mol. The summed E-state index contributed by atoms with van der Waals surface area (Å²) in [5.74, 6) is 0.570. The average molecular weight is 330 g/mol. The van der Waals surface area contributed by atoms with Crippen molar-refractivity contribution in [2.75, 3.05) is 16.0 Å². The van der Waals surface area contributed by atoms with E-state index in [4.69, 9.17) is 5.26 Å². The van der Waals surface area contributed by atoms with E-state index in [-0.39, 0.29) is 6.03 Å². The number of urea groups is 1. The quantitative estimate of drug-likeness (QED) is 0.676. The van der Waals surface area contributed by atoms with Crippen molar-refractivity contribution in [2.45, 2.75) is 0 Å². The van der Waals surface area contributed by atoms with Crippen LogP contribution in [-0.4, -0.2) is 16.0 Å². The molecule has 2 amide bonds. The molecule has 2 heterocycles. The summed E-state index contributed by atoms with van der Waals surface area (Å²) in [5.41, 5.74) is 2.35. The molecule has 0 unspecified atom stereocenters. The number of anilines is 4. The minimum absolute atomic E-state index is 0.380. The topological polar surface area (TPSA) is 103 Å². The smallest absolute Gasteiger partial charge is 0.323 e. The number of carbonyl (C=O) groups excluding carboxylic acids is 1. The Balaban J connectivity index is 1.72. The first-order valence-electron chi connectivity index (χ1n) is 7.45. The van der Waals surface area contributed by atoms with E-state index in [0.29, 0.717) is 28.4 Å². The largest absolute Gasteiger partial charge is 0.339 e. The molecule has 25 heavy (non-hydrogen) atoms. The fourth-order valence-corrected chi connectivity index (χ4v) is 2.09. The summed E-state index contributed by atoms with van der Waals surface area (Å²) in [6.45, 7) is 0. The summed E-state index contributed by atoms with van der Waals surface area (Å²) in [6, 6.07) is 15.7. The Morgan fingerprint density at radius 2 is 1.80 bits per heavy atom. The van der Waals surface area contributed by atoms with Crippen LogP contribution in [0.25, 0.3) is 0 Å². The van der Waals surface area contributed by atoms with Crippen LogP contribution in [-0.2, 0) is 0 Å². The number of aromatic nitrogens is 2. The van der Waals surface area contributed by atoms with Gasteiger partial charge < -0.3 is 16.0 Å². The maximum Gasteiger partial charge on any atom is 0.323 e. The minimum atomic E-state index is -0.380. The Morgan fingerprint density at radius 1 is 0.960 bits per heavy atom. The third kappa shape index (κ3) is 4.30. The third-order valence-electron chi connectivity index (χ3n) is 3.25. The van der Waals surface area contributed by atoms with Gasteiger partial charge in [0.05, 0.1) is 28.8 Å². The van der Waals surface area contributed by atoms with Crippen LogP contribution in [0.2, 0.25) is 0 Å². The van der Waals surface area contributed by atoms with Gasteiger partial charge in [0, 0.05) is 12.4 Å². The van der Waals surface area contributed by atoms with E-state index >= 15 is 0 Å². The zero-order valence-corrected chi connectivity index (χ0v) is 13.1. The van der Waals surface area contributed by atoms with Gasteiger partial charge in [-0.1, -0.05) is 12.1 Å². The Labute approximate surface area is 144 Å². The van der Waals surface area contributed by atoms with E-state index in [0.717, 1.165) is 0 Å². The lowest BCUT2D eigenvalue weighted by atomic mass is 10.2. The number of nitrogens with zero attached hydrogens (tertiary/aromatic N) is 3. The van der Waals surface area contributed by atoms with Crippen LogP contribution in [0.1, 0.15) is 5.56 Å². The van der Waals surface area contributed by atoms with Crippen LogP contribution in [0.15, 0.2) is 67.1 Å². The second-order valence-electron chi connectivity index (χ2n) is 5.04. The molecule has 0 fully saturated rings. The summed E-state index contributed by atoms with van der Waals surface area (Å²) in [7, 11) is 0. The first kappa shape index (κ1) is 16.0. The minimum Gasteiger partial charge on any atom is -0.339 e. The lowest BCUT2D eigenvalue weighted by molar-refractivity contribution is 0.262. The Hall–Kier alpha value is -3.92. The van der Waals surface area contributed by atoms with E-state index in [9.17, 15) is 4.79 Å². The van der Waals surface area contributed by atoms with Gasteiger partial charge in [-0.3, -0.25) is 4.98 Å². The van der Waals surface area contributed by atoms with Crippen molar-refractivity contribution in [3.05, 3.63) is 72.7 Å². The Bertz CT molecular complexity index is 903. The van der Waals surface area contributed by atoms with Crippen molar-refractivity contribution in [3.8, 4) is 6.07 Å². The average Bonchev–Trinajstić information content (AvgIpc) is 2.65. The van der Waals surface area contributed by atoms with E-state index in [2.05, 4.69) is 25.9 Å². The molecule has 0 spiro atoms. The van der Waals surface area contributed by atoms with Crippen molar-refractivity contribution in [1.29, 1.82) is 5.26 Å².